The number of ether oxygens (including phenoxy) is 3. The first-order valence-corrected chi connectivity index (χ1v) is 6.65. The van der Waals surface area contributed by atoms with E-state index in [-0.39, 0.29) is 6.54 Å². The minimum Gasteiger partial charge on any atom is -0.394 e. The zero-order valence-corrected chi connectivity index (χ0v) is 11.2. The van der Waals surface area contributed by atoms with Crippen LogP contribution in [0.1, 0.15) is 0 Å². The first kappa shape index (κ1) is 17.0. The van der Waals surface area contributed by atoms with Crippen molar-refractivity contribution in [1.29, 1.82) is 0 Å². The van der Waals surface area contributed by atoms with Gasteiger partial charge in [0, 0.05) is 6.54 Å². The number of hydrogen-bond donors (Lipinski definition) is 7. The summed E-state index contributed by atoms with van der Waals surface area (Å²) in [4.78, 5) is 0. The van der Waals surface area contributed by atoms with Gasteiger partial charge in [0.05, 0.1) is 12.6 Å². The van der Waals surface area contributed by atoms with Crippen LogP contribution in [0.5, 0.6) is 0 Å². The van der Waals surface area contributed by atoms with E-state index in [0.29, 0.717) is 0 Å². The molecule has 10 heteroatoms. The van der Waals surface area contributed by atoms with Crippen LogP contribution in [-0.2, 0) is 14.2 Å². The van der Waals surface area contributed by atoms with Crippen molar-refractivity contribution in [3.05, 3.63) is 0 Å². The van der Waals surface area contributed by atoms with Crippen molar-refractivity contribution in [1.82, 2.24) is 0 Å². The zero-order valence-electron chi connectivity index (χ0n) is 11.2. The van der Waals surface area contributed by atoms with Crippen molar-refractivity contribution in [3.8, 4) is 0 Å². The Balaban J connectivity index is 2.07. The van der Waals surface area contributed by atoms with Crippen molar-refractivity contribution < 1.29 is 39.7 Å². The lowest BCUT2D eigenvalue weighted by Crippen LogP contribution is -2.64. The Morgan fingerprint density at radius 3 is 2.19 bits per heavy atom. The fourth-order valence-corrected chi connectivity index (χ4v) is 2.46. The molecule has 9 N–H and O–H groups in total. The molecule has 0 saturated carbocycles. The van der Waals surface area contributed by atoms with Gasteiger partial charge >= 0.3 is 0 Å². The van der Waals surface area contributed by atoms with E-state index < -0.39 is 61.9 Å². The Kier molecular flexibility index (Phi) is 5.48. The molecule has 0 spiro atoms. The van der Waals surface area contributed by atoms with Crippen molar-refractivity contribution in [2.24, 2.45) is 11.5 Å². The summed E-state index contributed by atoms with van der Waals surface area (Å²) >= 11 is 0. The molecular weight excluding hydrogens is 288 g/mol. The molecular formula is C11H22N2O8. The van der Waals surface area contributed by atoms with Gasteiger partial charge in [0.15, 0.2) is 12.6 Å². The Hall–Kier alpha value is -0.400. The maximum Gasteiger partial charge on any atom is 0.184 e. The van der Waals surface area contributed by atoms with Crippen LogP contribution >= 0.6 is 0 Å². The Labute approximate surface area is 120 Å². The lowest BCUT2D eigenvalue weighted by Gasteiger charge is -2.42. The molecule has 0 aromatic heterocycles. The molecule has 9 atom stereocenters. The van der Waals surface area contributed by atoms with Crippen molar-refractivity contribution in [2.45, 2.75) is 55.2 Å². The summed E-state index contributed by atoms with van der Waals surface area (Å²) in [6, 6.07) is -1.09. The van der Waals surface area contributed by atoms with E-state index in [0.717, 1.165) is 0 Å². The molecule has 2 aliphatic heterocycles. The molecule has 2 heterocycles. The molecule has 0 bridgehead atoms. The van der Waals surface area contributed by atoms with E-state index in [9.17, 15) is 20.4 Å². The minimum atomic E-state index is -1.51. The summed E-state index contributed by atoms with van der Waals surface area (Å²) in [6.07, 6.45) is -9.62. The smallest absolute Gasteiger partial charge is 0.184 e. The van der Waals surface area contributed by atoms with Gasteiger partial charge in [-0.3, -0.25) is 0 Å². The SMILES string of the molecule is NCC1OC(OC2C(CO)OC(O)C2O)C(N)C(O)C1O. The van der Waals surface area contributed by atoms with Gasteiger partial charge in [-0.1, -0.05) is 0 Å². The molecule has 2 rings (SSSR count). The number of rotatable bonds is 4. The Morgan fingerprint density at radius 2 is 1.62 bits per heavy atom. The summed E-state index contributed by atoms with van der Waals surface area (Å²) in [5.74, 6) is 0. The Morgan fingerprint density at radius 1 is 0.952 bits per heavy atom. The van der Waals surface area contributed by atoms with E-state index in [1.165, 1.54) is 0 Å². The van der Waals surface area contributed by atoms with Gasteiger partial charge in [-0.05, 0) is 0 Å². The van der Waals surface area contributed by atoms with Gasteiger partial charge in [-0.15, -0.1) is 0 Å². The first-order valence-electron chi connectivity index (χ1n) is 6.65. The van der Waals surface area contributed by atoms with Gasteiger partial charge in [-0.25, -0.2) is 0 Å². The second kappa shape index (κ2) is 6.79. The number of nitrogens with two attached hydrogens (primary N) is 2. The summed E-state index contributed by atoms with van der Waals surface area (Å²) in [5.41, 5.74) is 11.2. The molecule has 124 valence electrons. The topological polar surface area (TPSA) is 181 Å². The molecule has 10 nitrogen and oxygen atoms in total. The summed E-state index contributed by atoms with van der Waals surface area (Å²) in [7, 11) is 0. The monoisotopic (exact) mass is 310 g/mol. The lowest BCUT2D eigenvalue weighted by molar-refractivity contribution is -0.280. The summed E-state index contributed by atoms with van der Waals surface area (Å²) in [5, 5.41) is 47.9. The standard InChI is InChI=1S/C11H22N2O8/c12-1-3-6(15)7(16)5(13)11(20-3)21-9-4(2-14)19-10(18)8(9)17/h3-11,14-18H,1-2,12-13H2. The molecule has 0 aliphatic carbocycles. The van der Waals surface area contributed by atoms with Crippen molar-refractivity contribution in [3.63, 3.8) is 0 Å². The van der Waals surface area contributed by atoms with Crippen LogP contribution in [-0.4, -0.2) is 93.9 Å². The van der Waals surface area contributed by atoms with Gasteiger partial charge in [0.25, 0.3) is 0 Å². The largest absolute Gasteiger partial charge is 0.394 e. The molecule has 9 unspecified atom stereocenters. The minimum absolute atomic E-state index is 0.0689. The summed E-state index contributed by atoms with van der Waals surface area (Å²) < 4.78 is 15.7. The third-order valence-electron chi connectivity index (χ3n) is 3.76. The highest BCUT2D eigenvalue weighted by molar-refractivity contribution is 4.94. The van der Waals surface area contributed by atoms with Crippen LogP contribution in [0, 0.1) is 0 Å². The molecule has 0 aromatic carbocycles. The van der Waals surface area contributed by atoms with E-state index in [1.54, 1.807) is 0 Å². The van der Waals surface area contributed by atoms with Crippen molar-refractivity contribution >= 4 is 0 Å². The molecule has 0 aromatic rings. The molecule has 0 amide bonds. The summed E-state index contributed by atoms with van der Waals surface area (Å²) in [6.45, 7) is -0.563. The van der Waals surface area contributed by atoms with E-state index >= 15 is 0 Å². The molecule has 21 heavy (non-hydrogen) atoms. The fraction of sp³-hybridized carbons (Fsp3) is 1.00. The van der Waals surface area contributed by atoms with E-state index in [1.807, 2.05) is 0 Å². The second-order valence-corrected chi connectivity index (χ2v) is 5.18. The maximum atomic E-state index is 9.85. The van der Waals surface area contributed by atoms with Crippen LogP contribution in [0.25, 0.3) is 0 Å². The third kappa shape index (κ3) is 3.19. The zero-order chi connectivity index (χ0) is 15.7. The maximum absolute atomic E-state index is 9.85. The fourth-order valence-electron chi connectivity index (χ4n) is 2.46. The average molecular weight is 310 g/mol. The van der Waals surface area contributed by atoms with Gasteiger partial charge in [0.1, 0.15) is 36.6 Å². The van der Waals surface area contributed by atoms with E-state index in [4.69, 9.17) is 30.8 Å². The van der Waals surface area contributed by atoms with E-state index in [2.05, 4.69) is 0 Å². The molecule has 2 aliphatic rings. The highest BCUT2D eigenvalue weighted by atomic mass is 16.7. The highest BCUT2D eigenvalue weighted by Crippen LogP contribution is 2.27. The number of aliphatic hydroxyl groups is 5. The normalized spacial score (nSPS) is 51.3. The van der Waals surface area contributed by atoms with Crippen LogP contribution in [0.3, 0.4) is 0 Å². The molecule has 0 radical (unpaired) electrons. The lowest BCUT2D eigenvalue weighted by atomic mass is 9.97. The predicted octanol–water partition coefficient (Wildman–Crippen LogP) is -4.83. The van der Waals surface area contributed by atoms with Gasteiger partial charge in [-0.2, -0.15) is 0 Å². The van der Waals surface area contributed by atoms with Crippen LogP contribution in [0.15, 0.2) is 0 Å². The average Bonchev–Trinajstić information content (AvgIpc) is 2.75. The van der Waals surface area contributed by atoms with Crippen LogP contribution in [0.2, 0.25) is 0 Å². The Bertz CT molecular complexity index is 346. The predicted molar refractivity (Wildman–Crippen MR) is 66.5 cm³/mol. The van der Waals surface area contributed by atoms with Crippen molar-refractivity contribution in [2.75, 3.05) is 13.2 Å². The number of hydrogen-bond acceptors (Lipinski definition) is 10. The quantitative estimate of drug-likeness (QED) is 0.266. The third-order valence-corrected chi connectivity index (χ3v) is 3.76. The highest BCUT2D eigenvalue weighted by Gasteiger charge is 2.49. The van der Waals surface area contributed by atoms with Crippen LogP contribution < -0.4 is 11.5 Å². The van der Waals surface area contributed by atoms with Gasteiger partial charge < -0.3 is 51.2 Å². The number of aliphatic hydroxyl groups excluding tert-OH is 5. The molecule has 2 saturated heterocycles. The van der Waals surface area contributed by atoms with Crippen LogP contribution in [0.4, 0.5) is 0 Å². The molecule has 2 fully saturated rings. The first-order chi connectivity index (χ1) is 9.90. The second-order valence-electron chi connectivity index (χ2n) is 5.18. The van der Waals surface area contributed by atoms with Gasteiger partial charge in [0.2, 0.25) is 0 Å².